The summed E-state index contributed by atoms with van der Waals surface area (Å²) in [5, 5.41) is 4.39. The Morgan fingerprint density at radius 3 is 2.41 bits per heavy atom. The maximum Gasteiger partial charge on any atom is 0.268 e. The van der Waals surface area contributed by atoms with Crippen LogP contribution in [0.5, 0.6) is 5.75 Å². The van der Waals surface area contributed by atoms with Crippen molar-refractivity contribution >= 4 is 31.9 Å². The molecule has 1 amide bonds. The normalized spacial score (nSPS) is 11.3. The van der Waals surface area contributed by atoms with Crippen LogP contribution in [-0.2, 0) is 10.0 Å². The van der Waals surface area contributed by atoms with Crippen LogP contribution in [0.4, 0.5) is 0 Å². The summed E-state index contributed by atoms with van der Waals surface area (Å²) in [5.41, 5.74) is 2.84. The molecule has 0 saturated heterocycles. The second-order valence-electron chi connectivity index (χ2n) is 6.34. The highest BCUT2D eigenvalue weighted by molar-refractivity contribution is 9.10. The molecule has 9 heteroatoms. The second-order valence-corrected chi connectivity index (χ2v) is 8.91. The summed E-state index contributed by atoms with van der Waals surface area (Å²) < 4.78 is 35.3. The summed E-state index contributed by atoms with van der Waals surface area (Å²) >= 11 is 3.25. The minimum Gasteiger partial charge on any atom is -0.492 e. The van der Waals surface area contributed by atoms with Gasteiger partial charge in [0, 0.05) is 15.7 Å². The fourth-order valence-electron chi connectivity index (χ4n) is 2.85. The molecule has 0 atom stereocenters. The number of benzene rings is 2. The van der Waals surface area contributed by atoms with E-state index in [9.17, 15) is 13.2 Å². The van der Waals surface area contributed by atoms with E-state index in [4.69, 9.17) is 4.74 Å². The van der Waals surface area contributed by atoms with Crippen molar-refractivity contribution in [1.29, 1.82) is 0 Å². The van der Waals surface area contributed by atoms with Gasteiger partial charge in [-0.05, 0) is 69.3 Å². The summed E-state index contributed by atoms with van der Waals surface area (Å²) in [6.07, 6.45) is 0. The Hall–Kier alpha value is -2.65. The highest BCUT2D eigenvalue weighted by Crippen LogP contribution is 2.27. The number of sulfonamides is 1. The van der Waals surface area contributed by atoms with Crippen molar-refractivity contribution in [1.82, 2.24) is 14.5 Å². The van der Waals surface area contributed by atoms with E-state index in [-0.39, 0.29) is 16.2 Å². The van der Waals surface area contributed by atoms with Crippen molar-refractivity contribution in [3.8, 4) is 11.4 Å². The zero-order valence-electron chi connectivity index (χ0n) is 16.1. The number of aryl methyl sites for hydroxylation is 2. The SMILES string of the molecule is CCOc1ccc(Br)cc1S(=O)(=O)NC(=O)c1ccc(-n2nc(C)cc2C)cc1. The summed E-state index contributed by atoms with van der Waals surface area (Å²) in [6.45, 7) is 5.88. The van der Waals surface area contributed by atoms with Crippen LogP contribution in [0, 0.1) is 13.8 Å². The second kappa shape index (κ2) is 8.38. The van der Waals surface area contributed by atoms with Crippen LogP contribution in [0.15, 0.2) is 57.9 Å². The first kappa shape index (κ1) is 21.1. The summed E-state index contributed by atoms with van der Waals surface area (Å²) in [5.74, 6) is -0.553. The largest absolute Gasteiger partial charge is 0.492 e. The lowest BCUT2D eigenvalue weighted by Gasteiger charge is -2.12. The van der Waals surface area contributed by atoms with Crippen molar-refractivity contribution in [2.24, 2.45) is 0 Å². The predicted octanol–water partition coefficient (Wildman–Crippen LogP) is 3.77. The van der Waals surface area contributed by atoms with E-state index in [1.807, 2.05) is 19.9 Å². The van der Waals surface area contributed by atoms with E-state index in [2.05, 4.69) is 25.8 Å². The fraction of sp³-hybridized carbons (Fsp3) is 0.200. The van der Waals surface area contributed by atoms with E-state index in [1.54, 1.807) is 41.9 Å². The number of rotatable bonds is 6. The Balaban J connectivity index is 1.84. The standard InChI is InChI=1S/C20H20BrN3O4S/c1-4-28-18-10-7-16(21)12-19(18)29(26,27)23-20(25)15-5-8-17(9-6-15)24-14(3)11-13(2)22-24/h5-12H,4H2,1-3H3,(H,23,25). The van der Waals surface area contributed by atoms with Gasteiger partial charge in [0.2, 0.25) is 0 Å². The van der Waals surface area contributed by atoms with Gasteiger partial charge in [-0.25, -0.2) is 17.8 Å². The molecule has 1 heterocycles. The van der Waals surface area contributed by atoms with E-state index >= 15 is 0 Å². The number of hydrogen-bond donors (Lipinski definition) is 1. The van der Waals surface area contributed by atoms with Crippen LogP contribution < -0.4 is 9.46 Å². The van der Waals surface area contributed by atoms with E-state index < -0.39 is 15.9 Å². The van der Waals surface area contributed by atoms with Crippen molar-refractivity contribution in [2.75, 3.05) is 6.61 Å². The van der Waals surface area contributed by atoms with Gasteiger partial charge in [-0.15, -0.1) is 0 Å². The quantitative estimate of drug-likeness (QED) is 0.583. The van der Waals surface area contributed by atoms with Gasteiger partial charge in [0.15, 0.2) is 0 Å². The molecular weight excluding hydrogens is 458 g/mol. The zero-order chi connectivity index (χ0) is 21.2. The molecule has 1 aromatic heterocycles. The van der Waals surface area contributed by atoms with Crippen LogP contribution in [0.1, 0.15) is 28.7 Å². The third kappa shape index (κ3) is 4.68. The monoisotopic (exact) mass is 477 g/mol. The van der Waals surface area contributed by atoms with Crippen LogP contribution >= 0.6 is 15.9 Å². The molecular formula is C20H20BrN3O4S. The molecule has 3 rings (SSSR count). The van der Waals surface area contributed by atoms with Crippen molar-refractivity contribution < 1.29 is 17.9 Å². The Labute approximate surface area is 177 Å². The third-order valence-electron chi connectivity index (χ3n) is 4.11. The highest BCUT2D eigenvalue weighted by atomic mass is 79.9. The van der Waals surface area contributed by atoms with Gasteiger partial charge >= 0.3 is 0 Å². The Morgan fingerprint density at radius 1 is 1.14 bits per heavy atom. The van der Waals surface area contributed by atoms with E-state index in [0.29, 0.717) is 11.1 Å². The van der Waals surface area contributed by atoms with E-state index in [1.165, 1.54) is 12.1 Å². The maximum atomic E-state index is 12.8. The maximum absolute atomic E-state index is 12.8. The van der Waals surface area contributed by atoms with Gasteiger partial charge in [0.05, 0.1) is 18.0 Å². The minimum atomic E-state index is -4.12. The number of halogens is 1. The Morgan fingerprint density at radius 2 is 1.83 bits per heavy atom. The van der Waals surface area contributed by atoms with Crippen molar-refractivity contribution in [2.45, 2.75) is 25.7 Å². The third-order valence-corrected chi connectivity index (χ3v) is 5.95. The van der Waals surface area contributed by atoms with Crippen LogP contribution in [-0.4, -0.2) is 30.7 Å². The molecule has 0 saturated carbocycles. The van der Waals surface area contributed by atoms with Gasteiger partial charge in [-0.3, -0.25) is 4.79 Å². The molecule has 0 aliphatic heterocycles. The fourth-order valence-corrected chi connectivity index (χ4v) is 4.51. The predicted molar refractivity (Wildman–Crippen MR) is 113 cm³/mol. The molecule has 29 heavy (non-hydrogen) atoms. The summed E-state index contributed by atoms with van der Waals surface area (Å²) in [7, 11) is -4.12. The Bertz CT molecular complexity index is 1150. The molecule has 152 valence electrons. The molecule has 0 aliphatic carbocycles. The average Bonchev–Trinajstić information content (AvgIpc) is 3.01. The Kier molecular flexibility index (Phi) is 6.09. The van der Waals surface area contributed by atoms with Crippen LogP contribution in [0.25, 0.3) is 5.69 Å². The van der Waals surface area contributed by atoms with E-state index in [0.717, 1.165) is 17.1 Å². The van der Waals surface area contributed by atoms with Gasteiger partial charge in [-0.2, -0.15) is 5.10 Å². The molecule has 0 unspecified atom stereocenters. The number of ether oxygens (including phenoxy) is 1. The lowest BCUT2D eigenvalue weighted by Crippen LogP contribution is -2.31. The molecule has 0 spiro atoms. The minimum absolute atomic E-state index is 0.110. The topological polar surface area (TPSA) is 90.3 Å². The number of carbonyl (C=O) groups excluding carboxylic acids is 1. The molecule has 0 bridgehead atoms. The number of nitrogens with zero attached hydrogens (tertiary/aromatic N) is 2. The first-order chi connectivity index (χ1) is 13.7. The molecule has 7 nitrogen and oxygen atoms in total. The molecule has 3 aromatic rings. The number of aromatic nitrogens is 2. The molecule has 0 radical (unpaired) electrons. The summed E-state index contributed by atoms with van der Waals surface area (Å²) in [4.78, 5) is 12.4. The van der Waals surface area contributed by atoms with Crippen molar-refractivity contribution in [3.63, 3.8) is 0 Å². The molecule has 0 aliphatic rings. The molecule has 0 fully saturated rings. The van der Waals surface area contributed by atoms with Gasteiger partial charge in [0.25, 0.3) is 15.9 Å². The van der Waals surface area contributed by atoms with Crippen LogP contribution in [0.2, 0.25) is 0 Å². The number of carbonyl (C=O) groups is 1. The number of amides is 1. The molecule has 1 N–H and O–H groups in total. The average molecular weight is 478 g/mol. The number of hydrogen-bond acceptors (Lipinski definition) is 5. The lowest BCUT2D eigenvalue weighted by atomic mass is 10.2. The van der Waals surface area contributed by atoms with Gasteiger partial charge in [-0.1, -0.05) is 15.9 Å². The van der Waals surface area contributed by atoms with Gasteiger partial charge < -0.3 is 4.74 Å². The molecule has 2 aromatic carbocycles. The lowest BCUT2D eigenvalue weighted by molar-refractivity contribution is 0.0981. The first-order valence-electron chi connectivity index (χ1n) is 8.84. The zero-order valence-corrected chi connectivity index (χ0v) is 18.5. The first-order valence-corrected chi connectivity index (χ1v) is 11.1. The summed E-state index contributed by atoms with van der Waals surface area (Å²) in [6, 6.07) is 13.1. The van der Waals surface area contributed by atoms with Crippen molar-refractivity contribution in [3.05, 3.63) is 70.0 Å². The van der Waals surface area contributed by atoms with Gasteiger partial charge in [0.1, 0.15) is 10.6 Å². The van der Waals surface area contributed by atoms with Crippen LogP contribution in [0.3, 0.4) is 0 Å². The smallest absolute Gasteiger partial charge is 0.268 e. The number of nitrogens with one attached hydrogen (secondary N) is 1. The highest BCUT2D eigenvalue weighted by Gasteiger charge is 2.23.